The van der Waals surface area contributed by atoms with E-state index < -0.39 is 0 Å². The Morgan fingerprint density at radius 2 is 1.90 bits per heavy atom. The highest BCUT2D eigenvalue weighted by molar-refractivity contribution is 6.48. The van der Waals surface area contributed by atoms with Crippen molar-refractivity contribution in [3.63, 3.8) is 0 Å². The summed E-state index contributed by atoms with van der Waals surface area (Å²) in [5, 5.41) is 7.75. The molecule has 0 bridgehead atoms. The van der Waals surface area contributed by atoms with Crippen molar-refractivity contribution < 1.29 is 9.31 Å². The maximum Gasteiger partial charge on any atom is 0.463 e. The van der Waals surface area contributed by atoms with Gasteiger partial charge in [-0.1, -0.05) is 0 Å². The summed E-state index contributed by atoms with van der Waals surface area (Å²) in [6.45, 7) is 10.3. The van der Waals surface area contributed by atoms with Crippen LogP contribution in [0, 0.1) is 0 Å². The third-order valence-electron chi connectivity index (χ3n) is 5.04. The lowest BCUT2D eigenvalue weighted by Crippen LogP contribution is -2.41. The molecule has 0 radical (unpaired) electrons. The Morgan fingerprint density at radius 1 is 1.25 bits per heavy atom. The normalized spacial score (nSPS) is 31.9. The quantitative estimate of drug-likeness (QED) is 0.834. The van der Waals surface area contributed by atoms with E-state index in [4.69, 9.17) is 9.31 Å². The molecule has 0 aliphatic carbocycles. The fourth-order valence-corrected chi connectivity index (χ4v) is 3.05. The third-order valence-corrected chi connectivity index (χ3v) is 5.04. The molecule has 2 aliphatic heterocycles. The largest absolute Gasteiger partial charge is 0.463 e. The Kier molecular flexibility index (Phi) is 3.23. The number of hydrogen-bond acceptors (Lipinski definition) is 4. The molecule has 1 N–H and O–H groups in total. The summed E-state index contributed by atoms with van der Waals surface area (Å²) < 4.78 is 14.3. The monoisotopic (exact) mass is 277 g/mol. The minimum Gasteiger partial charge on any atom is -0.403 e. The van der Waals surface area contributed by atoms with Gasteiger partial charge in [-0.15, -0.1) is 0 Å². The first-order chi connectivity index (χ1) is 9.30. The summed E-state index contributed by atoms with van der Waals surface area (Å²) >= 11 is 0. The van der Waals surface area contributed by atoms with E-state index in [-0.39, 0.29) is 18.3 Å². The number of rotatable bonds is 2. The summed E-state index contributed by atoms with van der Waals surface area (Å²) in [5.74, 6) is 0.735. The first-order valence-electron chi connectivity index (χ1n) is 7.35. The van der Waals surface area contributed by atoms with Gasteiger partial charge in [0.05, 0.1) is 17.4 Å². The molecule has 5 nitrogen and oxygen atoms in total. The molecular formula is C14H24BN3O2. The molecule has 20 heavy (non-hydrogen) atoms. The Labute approximate surface area is 121 Å². The zero-order chi connectivity index (χ0) is 14.5. The van der Waals surface area contributed by atoms with Crippen LogP contribution in [-0.2, 0) is 16.4 Å². The van der Waals surface area contributed by atoms with Crippen molar-refractivity contribution in [3.8, 4) is 0 Å². The Balaban J connectivity index is 1.80. The van der Waals surface area contributed by atoms with Crippen LogP contribution in [0.25, 0.3) is 0 Å². The number of hydrogen-bond donors (Lipinski definition) is 1. The van der Waals surface area contributed by atoms with Crippen molar-refractivity contribution in [2.24, 2.45) is 7.05 Å². The number of aromatic nitrogens is 2. The molecule has 3 rings (SSSR count). The SMILES string of the molecule is Cn1cc(C2CNCC2B2OC(C)(C)C(C)(C)O2)cn1. The fraction of sp³-hybridized carbons (Fsp3) is 0.786. The molecular weight excluding hydrogens is 253 g/mol. The standard InChI is InChI=1S/C14H24BN3O2/c1-13(2)14(3,4)20-15(19-13)12-8-16-7-11(12)10-6-17-18(5)9-10/h6,9,11-12,16H,7-8H2,1-5H3. The van der Waals surface area contributed by atoms with Gasteiger partial charge in [0.2, 0.25) is 0 Å². The molecule has 2 aliphatic rings. The third kappa shape index (κ3) is 2.20. The van der Waals surface area contributed by atoms with Crippen molar-refractivity contribution >= 4 is 7.12 Å². The van der Waals surface area contributed by atoms with Crippen LogP contribution in [-0.4, -0.2) is 41.2 Å². The minimum atomic E-state index is -0.264. The van der Waals surface area contributed by atoms with Gasteiger partial charge in [0.25, 0.3) is 0 Å². The van der Waals surface area contributed by atoms with Crippen LogP contribution in [0.3, 0.4) is 0 Å². The van der Waals surface area contributed by atoms with E-state index >= 15 is 0 Å². The van der Waals surface area contributed by atoms with Crippen LogP contribution in [0.2, 0.25) is 5.82 Å². The Hall–Kier alpha value is -0.845. The second-order valence-electron chi connectivity index (χ2n) is 7.00. The molecule has 0 amide bonds. The van der Waals surface area contributed by atoms with Gasteiger partial charge >= 0.3 is 7.12 Å². The van der Waals surface area contributed by atoms with Crippen LogP contribution in [0.5, 0.6) is 0 Å². The lowest BCUT2D eigenvalue weighted by molar-refractivity contribution is 0.00578. The highest BCUT2D eigenvalue weighted by Crippen LogP contribution is 2.44. The lowest BCUT2D eigenvalue weighted by atomic mass is 9.65. The second kappa shape index (κ2) is 4.58. The van der Waals surface area contributed by atoms with E-state index in [1.165, 1.54) is 5.56 Å². The first-order valence-corrected chi connectivity index (χ1v) is 7.35. The van der Waals surface area contributed by atoms with Crippen LogP contribution >= 0.6 is 0 Å². The molecule has 0 saturated carbocycles. The molecule has 0 spiro atoms. The highest BCUT2D eigenvalue weighted by Gasteiger charge is 2.55. The van der Waals surface area contributed by atoms with Crippen molar-refractivity contribution in [1.29, 1.82) is 0 Å². The van der Waals surface area contributed by atoms with Crippen LogP contribution < -0.4 is 5.32 Å². The van der Waals surface area contributed by atoms with Gasteiger partial charge in [-0.25, -0.2) is 0 Å². The second-order valence-corrected chi connectivity index (χ2v) is 7.00. The number of nitrogens with zero attached hydrogens (tertiary/aromatic N) is 2. The van der Waals surface area contributed by atoms with Crippen molar-refractivity contribution in [3.05, 3.63) is 18.0 Å². The molecule has 1 aromatic rings. The number of nitrogens with one attached hydrogen (secondary N) is 1. The Bertz CT molecular complexity index is 484. The van der Waals surface area contributed by atoms with Crippen molar-refractivity contribution in [2.75, 3.05) is 13.1 Å². The van der Waals surface area contributed by atoms with Crippen molar-refractivity contribution in [2.45, 2.75) is 50.6 Å². The molecule has 1 aromatic heterocycles. The maximum atomic E-state index is 6.22. The summed E-state index contributed by atoms with van der Waals surface area (Å²) in [6, 6.07) is 0. The van der Waals surface area contributed by atoms with Crippen molar-refractivity contribution in [1.82, 2.24) is 15.1 Å². The van der Waals surface area contributed by atoms with Crippen LogP contribution in [0.4, 0.5) is 0 Å². The van der Waals surface area contributed by atoms with Gasteiger partial charge in [-0.05, 0) is 39.8 Å². The van der Waals surface area contributed by atoms with E-state index in [1.54, 1.807) is 0 Å². The zero-order valence-corrected chi connectivity index (χ0v) is 13.0. The van der Waals surface area contributed by atoms with Gasteiger partial charge in [-0.3, -0.25) is 4.68 Å². The van der Waals surface area contributed by atoms with Gasteiger partial charge in [0.15, 0.2) is 0 Å². The van der Waals surface area contributed by atoms with Gasteiger partial charge < -0.3 is 14.6 Å². The first kappa shape index (κ1) is 14.1. The topological polar surface area (TPSA) is 48.3 Å². The summed E-state index contributed by atoms with van der Waals surface area (Å²) in [4.78, 5) is 0. The smallest absolute Gasteiger partial charge is 0.403 e. The average molecular weight is 277 g/mol. The van der Waals surface area contributed by atoms with Gasteiger partial charge in [0.1, 0.15) is 0 Å². The number of aryl methyl sites for hydroxylation is 1. The zero-order valence-electron chi connectivity index (χ0n) is 13.0. The predicted molar refractivity (Wildman–Crippen MR) is 78.7 cm³/mol. The molecule has 2 saturated heterocycles. The van der Waals surface area contributed by atoms with Gasteiger partial charge in [-0.2, -0.15) is 5.10 Å². The maximum absolute atomic E-state index is 6.22. The van der Waals surface area contributed by atoms with E-state index in [9.17, 15) is 0 Å². The molecule has 2 unspecified atom stereocenters. The van der Waals surface area contributed by atoms with Crippen LogP contribution in [0.15, 0.2) is 12.4 Å². The minimum absolute atomic E-state index is 0.153. The predicted octanol–water partition coefficient (Wildman–Crippen LogP) is 1.57. The molecule has 3 heterocycles. The molecule has 0 aromatic carbocycles. The Morgan fingerprint density at radius 3 is 2.45 bits per heavy atom. The molecule has 110 valence electrons. The molecule has 2 atom stereocenters. The van der Waals surface area contributed by atoms with E-state index in [2.05, 4.69) is 44.3 Å². The summed E-state index contributed by atoms with van der Waals surface area (Å²) in [7, 11) is 1.80. The fourth-order valence-electron chi connectivity index (χ4n) is 3.05. The van der Waals surface area contributed by atoms with Crippen LogP contribution in [0.1, 0.15) is 39.2 Å². The van der Waals surface area contributed by atoms with E-state index in [0.717, 1.165) is 13.1 Å². The average Bonchev–Trinajstić information content (AvgIpc) is 2.98. The lowest BCUT2D eigenvalue weighted by Gasteiger charge is -2.32. The van der Waals surface area contributed by atoms with E-state index in [0.29, 0.717) is 11.7 Å². The van der Waals surface area contributed by atoms with E-state index in [1.807, 2.05) is 17.9 Å². The molecule has 2 fully saturated rings. The molecule has 6 heteroatoms. The summed E-state index contributed by atoms with van der Waals surface area (Å²) in [6.07, 6.45) is 4.05. The highest BCUT2D eigenvalue weighted by atomic mass is 16.7. The summed E-state index contributed by atoms with van der Waals surface area (Å²) in [5.41, 5.74) is 0.733. The van der Waals surface area contributed by atoms with Gasteiger partial charge in [0, 0.05) is 31.5 Å².